The molecule has 0 atom stereocenters. The molecule has 1 fully saturated rings. The number of piperidine rings is 1. The molecule has 1 heterocycles. The maximum atomic E-state index is 12.3. The molecule has 1 aromatic carbocycles. The van der Waals surface area contributed by atoms with E-state index in [-0.39, 0.29) is 24.4 Å². The molecule has 7 heteroatoms. The van der Waals surface area contributed by atoms with Crippen molar-refractivity contribution in [1.82, 2.24) is 4.90 Å². The van der Waals surface area contributed by atoms with Crippen LogP contribution in [0.5, 0.6) is 0 Å². The molecule has 1 amide bonds. The van der Waals surface area contributed by atoms with Crippen LogP contribution in [0.25, 0.3) is 0 Å². The van der Waals surface area contributed by atoms with Crippen molar-refractivity contribution in [1.29, 1.82) is 0 Å². The third-order valence-corrected chi connectivity index (χ3v) is 5.08. The van der Waals surface area contributed by atoms with Gasteiger partial charge in [-0.05, 0) is 56.3 Å². The van der Waals surface area contributed by atoms with Crippen LogP contribution in [0.4, 0.5) is 0 Å². The molecule has 1 saturated heterocycles. The fraction of sp³-hybridized carbons (Fsp3) is 0.611. The molecule has 142 valence electrons. The van der Waals surface area contributed by atoms with Crippen molar-refractivity contribution in [2.45, 2.75) is 44.6 Å². The van der Waals surface area contributed by atoms with Gasteiger partial charge >= 0.3 is 0 Å². The second-order valence-corrected chi connectivity index (χ2v) is 7.01. The summed E-state index contributed by atoms with van der Waals surface area (Å²) in [4.78, 5) is 14.3. The van der Waals surface area contributed by atoms with E-state index in [1.807, 2.05) is 17.0 Å². The van der Waals surface area contributed by atoms with E-state index < -0.39 is 0 Å². The van der Waals surface area contributed by atoms with Crippen LogP contribution in [-0.2, 0) is 16.0 Å². The van der Waals surface area contributed by atoms with Crippen molar-refractivity contribution in [2.75, 3.05) is 26.2 Å². The third kappa shape index (κ3) is 7.71. The van der Waals surface area contributed by atoms with E-state index in [0.717, 1.165) is 57.4 Å². The highest BCUT2D eigenvalue weighted by atomic mass is 35.5. The van der Waals surface area contributed by atoms with Gasteiger partial charge in [0.2, 0.25) is 5.91 Å². The molecule has 25 heavy (non-hydrogen) atoms. The largest absolute Gasteiger partial charge is 0.378 e. The van der Waals surface area contributed by atoms with Crippen molar-refractivity contribution in [3.63, 3.8) is 0 Å². The summed E-state index contributed by atoms with van der Waals surface area (Å²) in [6.07, 6.45) is 5.24. The van der Waals surface area contributed by atoms with Gasteiger partial charge in [-0.2, -0.15) is 0 Å². The van der Waals surface area contributed by atoms with Crippen molar-refractivity contribution in [3.05, 3.63) is 33.8 Å². The Morgan fingerprint density at radius 2 is 1.92 bits per heavy atom. The normalized spacial score (nSPS) is 15.1. The Bertz CT molecular complexity index is 535. The minimum atomic E-state index is 0. The number of rotatable bonds is 8. The molecule has 0 unspecified atom stereocenters. The highest BCUT2D eigenvalue weighted by Crippen LogP contribution is 2.23. The van der Waals surface area contributed by atoms with E-state index in [2.05, 4.69) is 0 Å². The van der Waals surface area contributed by atoms with Gasteiger partial charge in [-0.1, -0.05) is 29.3 Å². The molecule has 1 aromatic rings. The Hall–Kier alpha value is -0.520. The molecule has 0 radical (unpaired) electrons. The molecule has 2 rings (SSSR count). The quantitative estimate of drug-likeness (QED) is 0.658. The van der Waals surface area contributed by atoms with Crippen LogP contribution in [-0.4, -0.2) is 43.2 Å². The highest BCUT2D eigenvalue weighted by Gasteiger charge is 2.22. The summed E-state index contributed by atoms with van der Waals surface area (Å²) >= 11 is 11.9. The van der Waals surface area contributed by atoms with Crippen LogP contribution in [0.1, 0.15) is 37.7 Å². The number of likely N-dealkylation sites (tertiary alicyclic amines) is 1. The topological polar surface area (TPSA) is 55.6 Å². The van der Waals surface area contributed by atoms with Gasteiger partial charge in [0.25, 0.3) is 0 Å². The summed E-state index contributed by atoms with van der Waals surface area (Å²) in [6, 6.07) is 5.64. The van der Waals surface area contributed by atoms with E-state index in [0.29, 0.717) is 23.0 Å². The molecule has 0 spiro atoms. The molecule has 0 bridgehead atoms. The first-order chi connectivity index (χ1) is 11.6. The SMILES string of the molecule is Cl.NCCCOC1CCN(C(=O)CCCc2ccc(Cl)c(Cl)c2)CC1. The summed E-state index contributed by atoms with van der Waals surface area (Å²) in [5.41, 5.74) is 6.58. The Balaban J connectivity index is 0.00000312. The van der Waals surface area contributed by atoms with Crippen molar-refractivity contribution < 1.29 is 9.53 Å². The molecule has 1 aliphatic heterocycles. The molecular weight excluding hydrogens is 383 g/mol. The zero-order chi connectivity index (χ0) is 17.4. The molecule has 1 aliphatic rings. The monoisotopic (exact) mass is 408 g/mol. The van der Waals surface area contributed by atoms with Crippen LogP contribution in [0.15, 0.2) is 18.2 Å². The second kappa shape index (κ2) is 12.0. The van der Waals surface area contributed by atoms with Crippen LogP contribution < -0.4 is 5.73 Å². The zero-order valence-electron chi connectivity index (χ0n) is 14.4. The predicted molar refractivity (Wildman–Crippen MR) is 106 cm³/mol. The number of nitrogens with zero attached hydrogens (tertiary/aromatic N) is 1. The van der Waals surface area contributed by atoms with E-state index in [9.17, 15) is 4.79 Å². The lowest BCUT2D eigenvalue weighted by Crippen LogP contribution is -2.41. The maximum Gasteiger partial charge on any atom is 0.222 e. The van der Waals surface area contributed by atoms with E-state index in [1.54, 1.807) is 6.07 Å². The van der Waals surface area contributed by atoms with Gasteiger partial charge in [-0.25, -0.2) is 0 Å². The Morgan fingerprint density at radius 1 is 1.20 bits per heavy atom. The number of benzene rings is 1. The summed E-state index contributed by atoms with van der Waals surface area (Å²) in [5.74, 6) is 0.232. The minimum absolute atomic E-state index is 0. The highest BCUT2D eigenvalue weighted by molar-refractivity contribution is 6.42. The Labute approximate surface area is 166 Å². The molecule has 2 N–H and O–H groups in total. The summed E-state index contributed by atoms with van der Waals surface area (Å²) in [7, 11) is 0. The minimum Gasteiger partial charge on any atom is -0.378 e. The summed E-state index contributed by atoms with van der Waals surface area (Å²) < 4.78 is 5.77. The van der Waals surface area contributed by atoms with Gasteiger partial charge < -0.3 is 15.4 Å². The smallest absolute Gasteiger partial charge is 0.222 e. The van der Waals surface area contributed by atoms with Crippen LogP contribution in [0, 0.1) is 0 Å². The first-order valence-corrected chi connectivity index (χ1v) is 9.39. The van der Waals surface area contributed by atoms with Gasteiger partial charge in [0.05, 0.1) is 16.1 Å². The molecular formula is C18H27Cl3N2O2. The van der Waals surface area contributed by atoms with Gasteiger partial charge in [0.15, 0.2) is 0 Å². The van der Waals surface area contributed by atoms with Crippen LogP contribution in [0.2, 0.25) is 10.0 Å². The van der Waals surface area contributed by atoms with E-state index >= 15 is 0 Å². The lowest BCUT2D eigenvalue weighted by molar-refractivity contribution is -0.133. The fourth-order valence-electron chi connectivity index (χ4n) is 2.90. The average molecular weight is 410 g/mol. The number of halogens is 3. The number of carbonyl (C=O) groups excluding carboxylic acids is 1. The standard InChI is InChI=1S/C18H26Cl2N2O2.ClH/c19-16-6-5-14(13-17(16)20)3-1-4-18(23)22-10-7-15(8-11-22)24-12-2-9-21;/h5-6,13,15H,1-4,7-12,21H2;1H. The van der Waals surface area contributed by atoms with Gasteiger partial charge in [-0.3, -0.25) is 4.79 Å². The fourth-order valence-corrected chi connectivity index (χ4v) is 3.22. The number of aryl methyl sites for hydroxylation is 1. The van der Waals surface area contributed by atoms with Crippen LogP contribution >= 0.6 is 35.6 Å². The van der Waals surface area contributed by atoms with E-state index in [4.69, 9.17) is 33.7 Å². The van der Waals surface area contributed by atoms with Crippen molar-refractivity contribution in [2.24, 2.45) is 5.73 Å². The second-order valence-electron chi connectivity index (χ2n) is 6.20. The van der Waals surface area contributed by atoms with Gasteiger partial charge in [0, 0.05) is 26.1 Å². The maximum absolute atomic E-state index is 12.3. The number of amides is 1. The van der Waals surface area contributed by atoms with E-state index in [1.165, 1.54) is 0 Å². The van der Waals surface area contributed by atoms with Crippen molar-refractivity contribution >= 4 is 41.5 Å². The summed E-state index contributed by atoms with van der Waals surface area (Å²) in [6.45, 7) is 2.97. The van der Waals surface area contributed by atoms with Gasteiger partial charge in [-0.15, -0.1) is 12.4 Å². The number of ether oxygens (including phenoxy) is 1. The first kappa shape index (κ1) is 22.5. The third-order valence-electron chi connectivity index (χ3n) is 4.34. The number of hydrogen-bond donors (Lipinski definition) is 1. The number of nitrogens with two attached hydrogens (primary N) is 1. The zero-order valence-corrected chi connectivity index (χ0v) is 16.7. The van der Waals surface area contributed by atoms with Crippen LogP contribution in [0.3, 0.4) is 0 Å². The predicted octanol–water partition coefficient (Wildman–Crippen LogP) is 4.09. The number of hydrogen-bond acceptors (Lipinski definition) is 3. The molecule has 0 aliphatic carbocycles. The van der Waals surface area contributed by atoms with Gasteiger partial charge in [0.1, 0.15) is 0 Å². The summed E-state index contributed by atoms with van der Waals surface area (Å²) in [5, 5.41) is 1.13. The average Bonchev–Trinajstić information content (AvgIpc) is 2.59. The Kier molecular flexibility index (Phi) is 10.8. The first-order valence-electron chi connectivity index (χ1n) is 8.63. The lowest BCUT2D eigenvalue weighted by atomic mass is 10.1. The van der Waals surface area contributed by atoms with Crippen molar-refractivity contribution in [3.8, 4) is 0 Å². The lowest BCUT2D eigenvalue weighted by Gasteiger charge is -2.32. The molecule has 0 aromatic heterocycles. The molecule has 4 nitrogen and oxygen atoms in total. The number of carbonyl (C=O) groups is 1. The Morgan fingerprint density at radius 3 is 2.56 bits per heavy atom. The molecule has 0 saturated carbocycles.